The lowest BCUT2D eigenvalue weighted by Gasteiger charge is -2.17. The van der Waals surface area contributed by atoms with Gasteiger partial charge in [-0.2, -0.15) is 0 Å². The summed E-state index contributed by atoms with van der Waals surface area (Å²) in [4.78, 5) is 12.7. The third-order valence-corrected chi connectivity index (χ3v) is 2.40. The van der Waals surface area contributed by atoms with Gasteiger partial charge in [-0.3, -0.25) is 4.79 Å². The summed E-state index contributed by atoms with van der Waals surface area (Å²) in [7, 11) is 3.58. The van der Waals surface area contributed by atoms with Gasteiger partial charge in [-0.15, -0.1) is 0 Å². The number of ether oxygens (including phenoxy) is 1. The lowest BCUT2D eigenvalue weighted by molar-refractivity contribution is -0.141. The maximum atomic E-state index is 10.6. The Morgan fingerprint density at radius 1 is 1.75 bits per heavy atom. The molecule has 4 heteroatoms. The number of methoxy groups -OCH3 is 1. The van der Waals surface area contributed by atoms with E-state index >= 15 is 0 Å². The monoisotopic (exact) mass is 173 g/mol. The molecule has 4 nitrogen and oxygen atoms in total. The summed E-state index contributed by atoms with van der Waals surface area (Å²) in [6.07, 6.45) is 0.708. The summed E-state index contributed by atoms with van der Waals surface area (Å²) < 4.78 is 4.99. The molecule has 0 bridgehead atoms. The Labute approximate surface area is 72.1 Å². The lowest BCUT2D eigenvalue weighted by Crippen LogP contribution is -2.28. The summed E-state index contributed by atoms with van der Waals surface area (Å²) >= 11 is 0. The molecule has 0 aliphatic carbocycles. The van der Waals surface area contributed by atoms with Crippen LogP contribution in [0.3, 0.4) is 0 Å². The van der Waals surface area contributed by atoms with E-state index in [1.165, 1.54) is 0 Å². The molecule has 0 saturated carbocycles. The highest BCUT2D eigenvalue weighted by atomic mass is 16.5. The minimum Gasteiger partial charge on any atom is -0.481 e. The minimum absolute atomic E-state index is 0.213. The SMILES string of the molecule is COCC1CC(C(=O)O)CN1C. The van der Waals surface area contributed by atoms with Crippen LogP contribution in [-0.2, 0) is 9.53 Å². The molecule has 12 heavy (non-hydrogen) atoms. The number of carboxylic acids is 1. The van der Waals surface area contributed by atoms with Crippen LogP contribution >= 0.6 is 0 Å². The van der Waals surface area contributed by atoms with E-state index in [1.807, 2.05) is 11.9 Å². The Bertz CT molecular complexity index is 172. The third-order valence-electron chi connectivity index (χ3n) is 2.40. The molecule has 0 aromatic carbocycles. The van der Waals surface area contributed by atoms with E-state index in [2.05, 4.69) is 0 Å². The number of nitrogens with zero attached hydrogens (tertiary/aromatic N) is 1. The fraction of sp³-hybridized carbons (Fsp3) is 0.875. The van der Waals surface area contributed by atoms with Crippen molar-refractivity contribution in [2.75, 3.05) is 27.3 Å². The molecule has 0 aromatic heterocycles. The molecule has 2 unspecified atom stereocenters. The molecule has 1 N–H and O–H groups in total. The summed E-state index contributed by atoms with van der Waals surface area (Å²) in [5.41, 5.74) is 0. The molecule has 0 spiro atoms. The van der Waals surface area contributed by atoms with Crippen molar-refractivity contribution in [3.63, 3.8) is 0 Å². The molecule has 70 valence electrons. The fourth-order valence-corrected chi connectivity index (χ4v) is 1.65. The van der Waals surface area contributed by atoms with Gasteiger partial charge in [0.05, 0.1) is 12.5 Å². The summed E-state index contributed by atoms with van der Waals surface area (Å²) in [6.45, 7) is 1.27. The molecular weight excluding hydrogens is 158 g/mol. The first kappa shape index (κ1) is 9.48. The molecular formula is C8H15NO3. The Balaban J connectivity index is 2.44. The van der Waals surface area contributed by atoms with Crippen LogP contribution in [0.25, 0.3) is 0 Å². The van der Waals surface area contributed by atoms with Gasteiger partial charge in [-0.05, 0) is 13.5 Å². The first-order valence-corrected chi connectivity index (χ1v) is 4.07. The second kappa shape index (κ2) is 3.87. The van der Waals surface area contributed by atoms with Gasteiger partial charge in [0.15, 0.2) is 0 Å². The van der Waals surface area contributed by atoms with Crippen molar-refractivity contribution in [3.05, 3.63) is 0 Å². The minimum atomic E-state index is -0.694. The molecule has 1 aliphatic rings. The van der Waals surface area contributed by atoms with Crippen LogP contribution in [0.5, 0.6) is 0 Å². The summed E-state index contributed by atoms with van der Waals surface area (Å²) in [6, 6.07) is 0.274. The van der Waals surface area contributed by atoms with E-state index in [0.29, 0.717) is 19.6 Å². The van der Waals surface area contributed by atoms with Crippen LogP contribution in [0.15, 0.2) is 0 Å². The molecule has 1 fully saturated rings. The second-order valence-corrected chi connectivity index (χ2v) is 3.32. The van der Waals surface area contributed by atoms with Gasteiger partial charge in [0.2, 0.25) is 0 Å². The number of rotatable bonds is 3. The predicted octanol–water partition coefficient (Wildman–Crippen LogP) is 0.0377. The highest BCUT2D eigenvalue weighted by molar-refractivity contribution is 5.70. The van der Waals surface area contributed by atoms with Crippen molar-refractivity contribution in [1.82, 2.24) is 4.90 Å². The van der Waals surface area contributed by atoms with Gasteiger partial charge < -0.3 is 14.7 Å². The molecule has 1 rings (SSSR count). The van der Waals surface area contributed by atoms with Crippen molar-refractivity contribution in [1.29, 1.82) is 0 Å². The molecule has 0 radical (unpaired) electrons. The van der Waals surface area contributed by atoms with Crippen LogP contribution in [0, 0.1) is 5.92 Å². The van der Waals surface area contributed by atoms with Gasteiger partial charge in [0.25, 0.3) is 0 Å². The van der Waals surface area contributed by atoms with Crippen LogP contribution in [-0.4, -0.2) is 49.3 Å². The zero-order valence-corrected chi connectivity index (χ0v) is 7.49. The van der Waals surface area contributed by atoms with Gasteiger partial charge in [0, 0.05) is 19.7 Å². The standard InChI is InChI=1S/C8H15NO3/c1-9-4-6(8(10)11)3-7(9)5-12-2/h6-7H,3-5H2,1-2H3,(H,10,11). The van der Waals surface area contributed by atoms with Crippen LogP contribution in [0.1, 0.15) is 6.42 Å². The Morgan fingerprint density at radius 3 is 2.83 bits per heavy atom. The maximum Gasteiger partial charge on any atom is 0.307 e. The number of carbonyl (C=O) groups is 1. The van der Waals surface area contributed by atoms with Crippen LogP contribution in [0.2, 0.25) is 0 Å². The maximum absolute atomic E-state index is 10.6. The van der Waals surface area contributed by atoms with Crippen LogP contribution in [0.4, 0.5) is 0 Å². The average molecular weight is 173 g/mol. The van der Waals surface area contributed by atoms with Crippen molar-refractivity contribution in [2.24, 2.45) is 5.92 Å². The number of likely N-dealkylation sites (N-methyl/N-ethyl adjacent to an activating group) is 1. The second-order valence-electron chi connectivity index (χ2n) is 3.32. The molecule has 0 amide bonds. The number of hydrogen-bond acceptors (Lipinski definition) is 3. The van der Waals surface area contributed by atoms with E-state index in [9.17, 15) is 4.79 Å². The van der Waals surface area contributed by atoms with Gasteiger partial charge in [0.1, 0.15) is 0 Å². The quantitative estimate of drug-likeness (QED) is 0.654. The number of hydrogen-bond donors (Lipinski definition) is 1. The molecule has 1 heterocycles. The predicted molar refractivity (Wildman–Crippen MR) is 44.0 cm³/mol. The van der Waals surface area contributed by atoms with E-state index in [-0.39, 0.29) is 12.0 Å². The number of likely N-dealkylation sites (tertiary alicyclic amines) is 1. The van der Waals surface area contributed by atoms with E-state index in [0.717, 1.165) is 0 Å². The van der Waals surface area contributed by atoms with E-state index in [4.69, 9.17) is 9.84 Å². The van der Waals surface area contributed by atoms with E-state index in [1.54, 1.807) is 7.11 Å². The summed E-state index contributed by atoms with van der Waals surface area (Å²) in [5.74, 6) is -0.907. The normalized spacial score (nSPS) is 30.8. The van der Waals surface area contributed by atoms with Crippen molar-refractivity contribution in [3.8, 4) is 0 Å². The van der Waals surface area contributed by atoms with E-state index < -0.39 is 5.97 Å². The highest BCUT2D eigenvalue weighted by Gasteiger charge is 2.33. The first-order valence-electron chi connectivity index (χ1n) is 4.07. The van der Waals surface area contributed by atoms with Gasteiger partial charge in [-0.25, -0.2) is 0 Å². The third kappa shape index (κ3) is 1.95. The van der Waals surface area contributed by atoms with Crippen LogP contribution < -0.4 is 0 Å². The molecule has 1 saturated heterocycles. The zero-order valence-electron chi connectivity index (χ0n) is 7.49. The fourth-order valence-electron chi connectivity index (χ4n) is 1.65. The van der Waals surface area contributed by atoms with Gasteiger partial charge in [-0.1, -0.05) is 0 Å². The zero-order chi connectivity index (χ0) is 9.14. The number of carboxylic acid groups (broad SMARTS) is 1. The molecule has 0 aromatic rings. The average Bonchev–Trinajstić information content (AvgIpc) is 2.34. The topological polar surface area (TPSA) is 49.8 Å². The Kier molecular flexibility index (Phi) is 3.05. The lowest BCUT2D eigenvalue weighted by atomic mass is 10.1. The highest BCUT2D eigenvalue weighted by Crippen LogP contribution is 2.21. The first-order chi connectivity index (χ1) is 5.65. The van der Waals surface area contributed by atoms with Gasteiger partial charge >= 0.3 is 5.97 Å². The number of aliphatic carboxylic acids is 1. The van der Waals surface area contributed by atoms with Crippen molar-refractivity contribution >= 4 is 5.97 Å². The largest absolute Gasteiger partial charge is 0.481 e. The Morgan fingerprint density at radius 2 is 2.42 bits per heavy atom. The van der Waals surface area contributed by atoms with Crippen molar-refractivity contribution in [2.45, 2.75) is 12.5 Å². The van der Waals surface area contributed by atoms with Crippen molar-refractivity contribution < 1.29 is 14.6 Å². The summed E-state index contributed by atoms with van der Waals surface area (Å²) in [5, 5.41) is 8.75. The smallest absolute Gasteiger partial charge is 0.307 e. The Hall–Kier alpha value is -0.610. The molecule has 1 aliphatic heterocycles. The molecule has 2 atom stereocenters.